The van der Waals surface area contributed by atoms with Gasteiger partial charge in [-0.25, -0.2) is 0 Å². The topological polar surface area (TPSA) is 299 Å². The highest BCUT2D eigenvalue weighted by Gasteiger charge is 2.39. The number of hydrogen-bond acceptors (Lipinski definition) is 9. The number of phenols is 1. The molecule has 1 aliphatic heterocycles. The molecule has 1 aromatic rings. The normalized spacial score (nSPS) is 16.3. The lowest BCUT2D eigenvalue weighted by Crippen LogP contribution is -2.59. The molecular weight excluding hydrogens is 654 g/mol. The third kappa shape index (κ3) is 13.2. The molecule has 0 spiro atoms. The summed E-state index contributed by atoms with van der Waals surface area (Å²) >= 11 is 0. The second-order valence-electron chi connectivity index (χ2n) is 12.5. The van der Waals surface area contributed by atoms with Gasteiger partial charge >= 0.3 is 5.97 Å². The number of carbonyl (C=O) groups excluding carboxylic acids is 6. The van der Waals surface area contributed by atoms with Crippen LogP contribution in [0.15, 0.2) is 24.3 Å². The van der Waals surface area contributed by atoms with E-state index in [1.165, 1.54) is 24.0 Å². The molecule has 1 aromatic carbocycles. The minimum atomic E-state index is -1.40. The van der Waals surface area contributed by atoms with E-state index in [0.717, 1.165) is 0 Å². The molecule has 6 amide bonds. The van der Waals surface area contributed by atoms with Crippen LogP contribution in [0.25, 0.3) is 0 Å². The first-order chi connectivity index (χ1) is 23.5. The fourth-order valence-electron chi connectivity index (χ4n) is 5.48. The molecule has 1 fully saturated rings. The van der Waals surface area contributed by atoms with E-state index in [0.29, 0.717) is 18.4 Å². The number of aromatic hydroxyl groups is 1. The molecule has 18 nitrogen and oxygen atoms in total. The molecule has 0 saturated carbocycles. The largest absolute Gasteiger partial charge is 0.508 e. The summed E-state index contributed by atoms with van der Waals surface area (Å²) in [5.41, 5.74) is 11.4. The quantitative estimate of drug-likeness (QED) is 0.0433. The predicted molar refractivity (Wildman–Crippen MR) is 180 cm³/mol. The van der Waals surface area contributed by atoms with Crippen LogP contribution in [0.3, 0.4) is 0 Å². The highest BCUT2D eigenvalue weighted by Crippen LogP contribution is 2.20. The average molecular weight is 704 g/mol. The summed E-state index contributed by atoms with van der Waals surface area (Å²) < 4.78 is 0. The van der Waals surface area contributed by atoms with Crippen LogP contribution in [-0.4, -0.2) is 106 Å². The molecule has 2 rings (SSSR count). The van der Waals surface area contributed by atoms with E-state index in [4.69, 9.17) is 16.9 Å². The van der Waals surface area contributed by atoms with Gasteiger partial charge in [0.05, 0.1) is 0 Å². The first-order valence-corrected chi connectivity index (χ1v) is 16.4. The van der Waals surface area contributed by atoms with Gasteiger partial charge in [-0.3, -0.25) is 39.0 Å². The van der Waals surface area contributed by atoms with Crippen molar-refractivity contribution in [3.8, 4) is 5.75 Å². The highest BCUT2D eigenvalue weighted by atomic mass is 16.4. The minimum absolute atomic E-state index is 0.00607. The molecule has 18 heteroatoms. The molecule has 12 N–H and O–H groups in total. The number of phenolic OH excluding ortho intramolecular Hbond substituents is 1. The maximum absolute atomic E-state index is 13.6. The molecule has 1 heterocycles. The number of primary amides is 1. The van der Waals surface area contributed by atoms with E-state index < -0.39 is 84.0 Å². The van der Waals surface area contributed by atoms with E-state index in [9.17, 15) is 43.8 Å². The smallest absolute Gasteiger partial charge is 0.303 e. The summed E-state index contributed by atoms with van der Waals surface area (Å²) in [6, 6.07) is 0.174. The molecule has 50 heavy (non-hydrogen) atoms. The number of carboxylic acids is 1. The summed E-state index contributed by atoms with van der Waals surface area (Å²) in [7, 11) is 0. The Morgan fingerprint density at radius 1 is 0.920 bits per heavy atom. The Balaban J connectivity index is 2.19. The number of nitrogens with zero attached hydrogens (tertiary/aromatic N) is 1. The monoisotopic (exact) mass is 703 g/mol. The molecule has 276 valence electrons. The molecule has 0 radical (unpaired) electrons. The van der Waals surface area contributed by atoms with Crippen LogP contribution >= 0.6 is 0 Å². The van der Waals surface area contributed by atoms with Crippen molar-refractivity contribution in [1.82, 2.24) is 31.5 Å². The maximum atomic E-state index is 13.6. The molecule has 0 unspecified atom stereocenters. The second-order valence-corrected chi connectivity index (χ2v) is 12.5. The van der Waals surface area contributed by atoms with Crippen LogP contribution in [0, 0.1) is 11.3 Å². The fourth-order valence-corrected chi connectivity index (χ4v) is 5.48. The zero-order valence-corrected chi connectivity index (χ0v) is 28.5. The number of benzene rings is 1. The number of carboxylic acid groups (broad SMARTS) is 1. The molecule has 0 aliphatic carbocycles. The van der Waals surface area contributed by atoms with Crippen LogP contribution in [0.1, 0.15) is 64.9 Å². The summed E-state index contributed by atoms with van der Waals surface area (Å²) in [6.45, 7) is 5.00. The zero-order chi connectivity index (χ0) is 37.5. The lowest BCUT2D eigenvalue weighted by molar-refractivity contribution is -0.142. The lowest BCUT2D eigenvalue weighted by Gasteiger charge is -2.30. The summed E-state index contributed by atoms with van der Waals surface area (Å²) in [5.74, 6) is -6.10. The van der Waals surface area contributed by atoms with Crippen LogP contribution in [0.5, 0.6) is 5.75 Å². The van der Waals surface area contributed by atoms with Crippen molar-refractivity contribution < 1.29 is 43.8 Å². The van der Waals surface area contributed by atoms with Crippen molar-refractivity contribution >= 4 is 47.4 Å². The highest BCUT2D eigenvalue weighted by molar-refractivity contribution is 5.96. The molecule has 0 aromatic heterocycles. The number of guanidine groups is 1. The standard InChI is InChI=1S/C32H49N9O9/c1-17(2)26(30(49)39-23(27(33)46)16-19-8-10-20(43)11-9-19)40-28(47)21(12-13-25(44)45)38-29(48)24-7-5-15-41(24)31(50)22(37-18(3)42)6-4-14-36-32(34)35/h8-11,17,21-24,26,43H,4-7,12-16H2,1-3H3,(H2,33,46)(H,37,42)(H,38,48)(H,39,49)(H,40,47)(H,44,45)(H4,34,35,36)/t21-,22-,23-,24-,26-/m0/s1. The molecule has 1 aliphatic rings. The number of carbonyl (C=O) groups is 7. The van der Waals surface area contributed by atoms with E-state index in [1.54, 1.807) is 26.0 Å². The number of aliphatic carboxylic acids is 1. The van der Waals surface area contributed by atoms with Crippen molar-refractivity contribution in [3.05, 3.63) is 29.8 Å². The number of likely N-dealkylation sites (tertiary alicyclic amines) is 1. The number of nitrogens with two attached hydrogens (primary N) is 2. The maximum Gasteiger partial charge on any atom is 0.303 e. The second kappa shape index (κ2) is 19.5. The van der Waals surface area contributed by atoms with Crippen LogP contribution in [0.2, 0.25) is 0 Å². The summed E-state index contributed by atoms with van der Waals surface area (Å²) in [5, 5.41) is 39.0. The Morgan fingerprint density at radius 2 is 1.58 bits per heavy atom. The first-order valence-electron chi connectivity index (χ1n) is 16.4. The van der Waals surface area contributed by atoms with Gasteiger partial charge in [-0.2, -0.15) is 0 Å². The van der Waals surface area contributed by atoms with Crippen LogP contribution < -0.4 is 38.1 Å². The summed E-state index contributed by atoms with van der Waals surface area (Å²) in [4.78, 5) is 90.7. The number of amides is 6. The van der Waals surface area contributed by atoms with Gasteiger partial charge in [0.2, 0.25) is 35.4 Å². The lowest BCUT2D eigenvalue weighted by atomic mass is 10.00. The van der Waals surface area contributed by atoms with Gasteiger partial charge in [0.15, 0.2) is 5.96 Å². The Morgan fingerprint density at radius 3 is 2.14 bits per heavy atom. The van der Waals surface area contributed by atoms with Crippen LogP contribution in [0.4, 0.5) is 0 Å². The van der Waals surface area contributed by atoms with Gasteiger partial charge in [0.25, 0.3) is 0 Å². The van der Waals surface area contributed by atoms with Crippen molar-refractivity contribution in [2.45, 2.75) is 95.9 Å². The Kier molecular flexibility index (Phi) is 15.9. The molecule has 1 saturated heterocycles. The van der Waals surface area contributed by atoms with Gasteiger partial charge in [-0.15, -0.1) is 0 Å². The average Bonchev–Trinajstić information content (AvgIpc) is 3.53. The Bertz CT molecular complexity index is 1400. The van der Waals surface area contributed by atoms with Gasteiger partial charge in [-0.1, -0.05) is 26.0 Å². The van der Waals surface area contributed by atoms with Gasteiger partial charge in [0, 0.05) is 32.9 Å². The van der Waals surface area contributed by atoms with Gasteiger partial charge in [-0.05, 0) is 55.7 Å². The van der Waals surface area contributed by atoms with Gasteiger partial charge < -0.3 is 53.2 Å². The third-order valence-electron chi connectivity index (χ3n) is 8.06. The molecule has 5 atom stereocenters. The van der Waals surface area contributed by atoms with E-state index in [2.05, 4.69) is 26.6 Å². The molecule has 0 bridgehead atoms. The first kappa shape index (κ1) is 40.8. The van der Waals surface area contributed by atoms with Crippen molar-refractivity contribution in [3.63, 3.8) is 0 Å². The van der Waals surface area contributed by atoms with Crippen molar-refractivity contribution in [2.24, 2.45) is 17.4 Å². The van der Waals surface area contributed by atoms with Crippen molar-refractivity contribution in [2.75, 3.05) is 13.1 Å². The molecular formula is C32H49N9O9. The Hall–Kier alpha value is -5.42. The SMILES string of the molecule is CC(=O)N[C@@H](CCCNC(=N)N)C(=O)N1CCC[C@H]1C(=O)N[C@@H](CCC(=O)O)C(=O)N[C@H](C(=O)N[C@@H](Cc1ccc(O)cc1)C(N)=O)C(C)C. The number of rotatable bonds is 19. The third-order valence-corrected chi connectivity index (χ3v) is 8.06. The number of nitrogens with one attached hydrogen (secondary N) is 6. The predicted octanol–water partition coefficient (Wildman–Crippen LogP) is -1.85. The van der Waals surface area contributed by atoms with Gasteiger partial charge in [0.1, 0.15) is 36.0 Å². The van der Waals surface area contributed by atoms with E-state index >= 15 is 0 Å². The van der Waals surface area contributed by atoms with Crippen LogP contribution in [-0.2, 0) is 40.0 Å². The fraction of sp³-hybridized carbons (Fsp3) is 0.562. The number of hydrogen-bond donors (Lipinski definition) is 10. The minimum Gasteiger partial charge on any atom is -0.508 e. The zero-order valence-electron chi connectivity index (χ0n) is 28.5. The van der Waals surface area contributed by atoms with Crippen molar-refractivity contribution in [1.29, 1.82) is 5.41 Å². The summed E-state index contributed by atoms with van der Waals surface area (Å²) in [6.07, 6.45) is 0.441. The van der Waals surface area contributed by atoms with E-state index in [1.807, 2.05) is 0 Å². The Labute approximate surface area is 290 Å². The van der Waals surface area contributed by atoms with E-state index in [-0.39, 0.29) is 50.5 Å².